The highest BCUT2D eigenvalue weighted by Gasteiger charge is 2.21. The molecule has 0 aromatic heterocycles. The molecular weight excluding hydrogens is 298 g/mol. The lowest BCUT2D eigenvalue weighted by Crippen LogP contribution is -2.12. The van der Waals surface area contributed by atoms with Gasteiger partial charge in [-0.2, -0.15) is 0 Å². The molecule has 2 aromatic rings. The summed E-state index contributed by atoms with van der Waals surface area (Å²) >= 11 is 0. The number of fused-ring (bicyclic) bond motifs is 1. The summed E-state index contributed by atoms with van der Waals surface area (Å²) in [6, 6.07) is 13.2. The topological polar surface area (TPSA) is 60.2 Å². The van der Waals surface area contributed by atoms with Gasteiger partial charge in [0.1, 0.15) is 0 Å². The van der Waals surface area contributed by atoms with Gasteiger partial charge in [-0.05, 0) is 54.2 Å². The first-order valence-electron chi connectivity index (χ1n) is 7.93. The number of ketones is 1. The number of amides is 1. The Hall–Kier alpha value is -2.94. The molecule has 24 heavy (non-hydrogen) atoms. The first-order valence-corrected chi connectivity index (χ1v) is 7.93. The predicted molar refractivity (Wildman–Crippen MR) is 95.9 cm³/mol. The third kappa shape index (κ3) is 2.69. The van der Waals surface area contributed by atoms with Crippen molar-refractivity contribution in [2.75, 3.05) is 0 Å². The van der Waals surface area contributed by atoms with Gasteiger partial charge in [0.15, 0.2) is 5.78 Å². The largest absolute Gasteiger partial charge is 0.366 e. The number of rotatable bonds is 2. The molecule has 0 saturated carbocycles. The Labute approximate surface area is 141 Å². The molecule has 0 atom stereocenters. The number of carbonyl (C=O) groups excluding carboxylic acids is 2. The summed E-state index contributed by atoms with van der Waals surface area (Å²) < 4.78 is 0. The molecule has 0 bridgehead atoms. The maximum absolute atomic E-state index is 12.7. The molecule has 3 rings (SSSR count). The number of hydrogen-bond donors (Lipinski definition) is 1. The zero-order valence-electron chi connectivity index (χ0n) is 13.8. The Kier molecular flexibility index (Phi) is 4.17. The molecule has 0 unspecified atom stereocenters. The summed E-state index contributed by atoms with van der Waals surface area (Å²) in [5, 5.41) is 0. The summed E-state index contributed by atoms with van der Waals surface area (Å²) in [6.07, 6.45) is 4.55. The molecule has 3 nitrogen and oxygen atoms in total. The molecule has 1 aliphatic rings. The van der Waals surface area contributed by atoms with Gasteiger partial charge in [-0.1, -0.05) is 48.6 Å². The highest BCUT2D eigenvalue weighted by atomic mass is 16.1. The molecule has 1 aliphatic carbocycles. The van der Waals surface area contributed by atoms with Crippen molar-refractivity contribution in [1.29, 1.82) is 0 Å². The van der Waals surface area contributed by atoms with Crippen LogP contribution in [-0.2, 0) is 0 Å². The Balaban J connectivity index is 2.19. The van der Waals surface area contributed by atoms with E-state index in [4.69, 9.17) is 5.73 Å². The molecule has 0 saturated heterocycles. The van der Waals surface area contributed by atoms with E-state index in [-0.39, 0.29) is 5.78 Å². The number of carbonyl (C=O) groups is 2. The third-order valence-electron chi connectivity index (χ3n) is 4.43. The first-order chi connectivity index (χ1) is 11.5. The molecule has 0 heterocycles. The quantitative estimate of drug-likeness (QED) is 0.849. The van der Waals surface area contributed by atoms with Crippen molar-refractivity contribution < 1.29 is 9.59 Å². The normalized spacial score (nSPS) is 15.7. The van der Waals surface area contributed by atoms with Crippen LogP contribution < -0.4 is 5.73 Å². The molecule has 1 amide bonds. The maximum atomic E-state index is 12.7. The number of aryl methyl sites for hydroxylation is 1. The fourth-order valence-electron chi connectivity index (χ4n) is 3.13. The summed E-state index contributed by atoms with van der Waals surface area (Å²) in [5.41, 5.74) is 11.2. The van der Waals surface area contributed by atoms with E-state index in [1.807, 2.05) is 56.3 Å². The second-order valence-corrected chi connectivity index (χ2v) is 5.90. The van der Waals surface area contributed by atoms with E-state index in [9.17, 15) is 9.59 Å². The van der Waals surface area contributed by atoms with E-state index >= 15 is 0 Å². The van der Waals surface area contributed by atoms with Crippen LogP contribution in [-0.4, -0.2) is 11.7 Å². The highest BCUT2D eigenvalue weighted by Crippen LogP contribution is 2.33. The van der Waals surface area contributed by atoms with Gasteiger partial charge >= 0.3 is 0 Å². The average molecular weight is 317 g/mol. The molecule has 2 aromatic carbocycles. The summed E-state index contributed by atoms with van der Waals surface area (Å²) in [5.74, 6) is -0.356. The van der Waals surface area contributed by atoms with Crippen LogP contribution in [0.25, 0.3) is 5.57 Å². The number of allylic oxidation sites excluding steroid dienone is 3. The lowest BCUT2D eigenvalue weighted by Gasteiger charge is -2.12. The summed E-state index contributed by atoms with van der Waals surface area (Å²) in [7, 11) is 0. The molecule has 0 aliphatic heterocycles. The molecule has 120 valence electrons. The first kappa shape index (κ1) is 15.9. The van der Waals surface area contributed by atoms with Crippen LogP contribution in [0, 0.1) is 6.92 Å². The van der Waals surface area contributed by atoms with E-state index in [0.29, 0.717) is 17.5 Å². The van der Waals surface area contributed by atoms with Crippen LogP contribution in [0.4, 0.5) is 0 Å². The van der Waals surface area contributed by atoms with Crippen molar-refractivity contribution in [3.8, 4) is 0 Å². The number of nitrogens with two attached hydrogens (primary N) is 1. The predicted octanol–water partition coefficient (Wildman–Crippen LogP) is 4.06. The minimum absolute atomic E-state index is 0.0739. The standard InChI is InChI=1S/C21H19NO2/c1-3-14-8-11-17(18-6-4-5-7-19(18)20(14)23)15-9-10-16(21(22)24)13(2)12-15/h3-7,9-12H,8H2,1-2H3,(H2,22,24)/b14-3-. The van der Waals surface area contributed by atoms with Gasteiger partial charge in [0.25, 0.3) is 0 Å². The van der Waals surface area contributed by atoms with E-state index in [1.54, 1.807) is 6.07 Å². The summed E-state index contributed by atoms with van der Waals surface area (Å²) in [4.78, 5) is 24.1. The van der Waals surface area contributed by atoms with Gasteiger partial charge in [0.2, 0.25) is 5.91 Å². The van der Waals surface area contributed by atoms with Gasteiger partial charge in [0.05, 0.1) is 0 Å². The van der Waals surface area contributed by atoms with Crippen LogP contribution in [0.3, 0.4) is 0 Å². The van der Waals surface area contributed by atoms with Crippen molar-refractivity contribution in [3.05, 3.63) is 88.0 Å². The maximum Gasteiger partial charge on any atom is 0.248 e. The van der Waals surface area contributed by atoms with Gasteiger partial charge < -0.3 is 5.73 Å². The molecule has 0 fully saturated rings. The average Bonchev–Trinajstić information content (AvgIpc) is 2.71. The monoisotopic (exact) mass is 317 g/mol. The Morgan fingerprint density at radius 3 is 2.46 bits per heavy atom. The van der Waals surface area contributed by atoms with Gasteiger partial charge in [-0.25, -0.2) is 0 Å². The highest BCUT2D eigenvalue weighted by molar-refractivity contribution is 6.13. The minimum Gasteiger partial charge on any atom is -0.366 e. The minimum atomic E-state index is -0.430. The van der Waals surface area contributed by atoms with Gasteiger partial charge in [0, 0.05) is 11.1 Å². The van der Waals surface area contributed by atoms with E-state index in [2.05, 4.69) is 6.08 Å². The molecule has 0 radical (unpaired) electrons. The van der Waals surface area contributed by atoms with Crippen LogP contribution in [0.5, 0.6) is 0 Å². The Morgan fingerprint density at radius 2 is 1.83 bits per heavy atom. The summed E-state index contributed by atoms with van der Waals surface area (Å²) in [6.45, 7) is 3.76. The second kappa shape index (κ2) is 6.28. The van der Waals surface area contributed by atoms with E-state index in [1.165, 1.54) is 0 Å². The Bertz CT molecular complexity index is 904. The van der Waals surface area contributed by atoms with Gasteiger partial charge in [-0.3, -0.25) is 9.59 Å². The van der Waals surface area contributed by atoms with Crippen molar-refractivity contribution in [3.63, 3.8) is 0 Å². The zero-order chi connectivity index (χ0) is 17.3. The zero-order valence-corrected chi connectivity index (χ0v) is 13.8. The lowest BCUT2D eigenvalue weighted by atomic mass is 9.91. The van der Waals surface area contributed by atoms with Crippen molar-refractivity contribution in [1.82, 2.24) is 0 Å². The van der Waals surface area contributed by atoms with Crippen LogP contribution in [0.2, 0.25) is 0 Å². The number of hydrogen-bond acceptors (Lipinski definition) is 2. The lowest BCUT2D eigenvalue weighted by molar-refractivity contribution is 0.0997. The molecule has 0 spiro atoms. The smallest absolute Gasteiger partial charge is 0.248 e. The number of Topliss-reactive ketones (excluding diaryl/α,β-unsaturated/α-hetero) is 1. The van der Waals surface area contributed by atoms with Crippen molar-refractivity contribution >= 4 is 17.3 Å². The molecular formula is C21H19NO2. The van der Waals surface area contributed by atoms with Crippen LogP contribution in [0.15, 0.2) is 60.2 Å². The fourth-order valence-corrected chi connectivity index (χ4v) is 3.13. The van der Waals surface area contributed by atoms with Crippen LogP contribution in [0.1, 0.15) is 50.8 Å². The number of benzene rings is 2. The molecule has 3 heteroatoms. The van der Waals surface area contributed by atoms with Crippen LogP contribution >= 0.6 is 0 Å². The van der Waals surface area contributed by atoms with Gasteiger partial charge in [-0.15, -0.1) is 0 Å². The Morgan fingerprint density at radius 1 is 1.12 bits per heavy atom. The number of primary amides is 1. The third-order valence-corrected chi connectivity index (χ3v) is 4.43. The fraction of sp³-hybridized carbons (Fsp3) is 0.143. The SMILES string of the molecule is C/C=C1/CC=C(c2ccc(C(N)=O)c(C)c2)c2ccccc2C1=O. The van der Waals surface area contributed by atoms with Crippen molar-refractivity contribution in [2.24, 2.45) is 5.73 Å². The van der Waals surface area contributed by atoms with E-state index < -0.39 is 5.91 Å². The van der Waals surface area contributed by atoms with E-state index in [0.717, 1.165) is 27.8 Å². The second-order valence-electron chi connectivity index (χ2n) is 5.90. The molecule has 2 N–H and O–H groups in total. The van der Waals surface area contributed by atoms with Crippen molar-refractivity contribution in [2.45, 2.75) is 20.3 Å².